The summed E-state index contributed by atoms with van der Waals surface area (Å²) in [6.07, 6.45) is 3.02. The molecule has 0 aromatic heterocycles. The summed E-state index contributed by atoms with van der Waals surface area (Å²) < 4.78 is 45.0. The number of hydrogen-bond donors (Lipinski definition) is 3. The summed E-state index contributed by atoms with van der Waals surface area (Å²) in [5.74, 6) is -1.26. The first-order valence-electron chi connectivity index (χ1n) is 9.41. The molecule has 2 atom stereocenters. The van der Waals surface area contributed by atoms with Crippen LogP contribution in [0.2, 0.25) is 0 Å². The van der Waals surface area contributed by atoms with E-state index in [1.165, 1.54) is 24.3 Å². The van der Waals surface area contributed by atoms with Crippen LogP contribution in [-0.2, 0) is 14.9 Å². The largest absolute Gasteiger partial charge is 0.508 e. The van der Waals surface area contributed by atoms with E-state index in [1.54, 1.807) is 18.2 Å². The van der Waals surface area contributed by atoms with Crippen LogP contribution in [0.5, 0.6) is 5.75 Å². The molecule has 0 bridgehead atoms. The SMILES string of the molecule is COC1(S(=O)(=O)O)C=C(O)C=CC1(N)COc1cccc2c1C(=O)c1ccccc1C2=O. The summed E-state index contributed by atoms with van der Waals surface area (Å²) in [6.45, 7) is -0.583. The van der Waals surface area contributed by atoms with Crippen LogP contribution in [0, 0.1) is 0 Å². The van der Waals surface area contributed by atoms with Gasteiger partial charge in [-0.25, -0.2) is 0 Å². The number of methoxy groups -OCH3 is 1. The van der Waals surface area contributed by atoms with Crippen LogP contribution in [0.4, 0.5) is 0 Å². The molecule has 9 nitrogen and oxygen atoms in total. The lowest BCUT2D eigenvalue weighted by atomic mass is 9.83. The number of carbonyl (C=O) groups excluding carboxylic acids is 2. The van der Waals surface area contributed by atoms with Crippen molar-refractivity contribution >= 4 is 21.7 Å². The van der Waals surface area contributed by atoms with Gasteiger partial charge in [0.1, 0.15) is 23.7 Å². The number of aliphatic hydroxyl groups excluding tert-OH is 1. The van der Waals surface area contributed by atoms with E-state index in [4.69, 9.17) is 15.2 Å². The average molecular weight is 457 g/mol. The molecule has 0 radical (unpaired) electrons. The van der Waals surface area contributed by atoms with Crippen molar-refractivity contribution in [3.8, 4) is 5.75 Å². The summed E-state index contributed by atoms with van der Waals surface area (Å²) in [7, 11) is -3.99. The Bertz CT molecular complexity index is 1310. The highest BCUT2D eigenvalue weighted by molar-refractivity contribution is 7.87. The van der Waals surface area contributed by atoms with Crippen LogP contribution >= 0.6 is 0 Å². The number of allylic oxidation sites excluding steroid dienone is 1. The number of benzene rings is 2. The molecule has 2 unspecified atom stereocenters. The molecule has 0 heterocycles. The average Bonchev–Trinajstić information content (AvgIpc) is 2.76. The highest BCUT2D eigenvalue weighted by Gasteiger charge is 2.59. The first-order chi connectivity index (χ1) is 15.0. The van der Waals surface area contributed by atoms with Crippen LogP contribution < -0.4 is 10.5 Å². The Balaban J connectivity index is 1.75. The summed E-state index contributed by atoms with van der Waals surface area (Å²) in [5.41, 5.74) is 4.94. The monoisotopic (exact) mass is 457 g/mol. The zero-order valence-corrected chi connectivity index (χ0v) is 17.6. The minimum Gasteiger partial charge on any atom is -0.508 e. The third kappa shape index (κ3) is 3.07. The number of fused-ring (bicyclic) bond motifs is 2. The first-order valence-corrected chi connectivity index (χ1v) is 10.8. The molecule has 0 aliphatic heterocycles. The van der Waals surface area contributed by atoms with E-state index < -0.39 is 38.7 Å². The normalized spacial score (nSPS) is 24.5. The molecule has 0 saturated heterocycles. The van der Waals surface area contributed by atoms with Crippen molar-refractivity contribution < 1.29 is 37.1 Å². The fraction of sp³-hybridized carbons (Fsp3) is 0.182. The molecule has 2 aromatic rings. The topological polar surface area (TPSA) is 153 Å². The smallest absolute Gasteiger partial charge is 0.301 e. The van der Waals surface area contributed by atoms with Crippen LogP contribution in [0.3, 0.4) is 0 Å². The number of carbonyl (C=O) groups is 2. The Hall–Kier alpha value is -3.31. The fourth-order valence-corrected chi connectivity index (χ4v) is 5.06. The van der Waals surface area contributed by atoms with Crippen LogP contribution in [-0.4, -0.2) is 53.8 Å². The van der Waals surface area contributed by atoms with Gasteiger partial charge in [0.2, 0.25) is 4.93 Å². The second-order valence-corrected chi connectivity index (χ2v) is 9.02. The van der Waals surface area contributed by atoms with E-state index in [2.05, 4.69) is 0 Å². The lowest BCUT2D eigenvalue weighted by Crippen LogP contribution is -2.67. The number of nitrogens with two attached hydrogens (primary N) is 1. The van der Waals surface area contributed by atoms with Crippen molar-refractivity contribution in [2.24, 2.45) is 5.73 Å². The maximum atomic E-state index is 13.1. The number of ether oxygens (including phenoxy) is 2. The van der Waals surface area contributed by atoms with E-state index in [0.29, 0.717) is 0 Å². The number of hydrogen-bond acceptors (Lipinski definition) is 8. The van der Waals surface area contributed by atoms with E-state index in [0.717, 1.165) is 25.3 Å². The Morgan fingerprint density at radius 3 is 2.25 bits per heavy atom. The van der Waals surface area contributed by atoms with Gasteiger partial charge in [0, 0.05) is 29.9 Å². The molecule has 4 rings (SSSR count). The standard InChI is InChI=1S/C22H19NO8S/c1-30-22(32(27,28)29)11-13(24)9-10-21(22,23)12-31-17-8-4-7-16-18(17)20(26)15-6-3-2-5-14(15)19(16)25/h2-11,24H,12,23H2,1H3,(H,27,28,29). The fourth-order valence-electron chi connectivity index (χ4n) is 3.98. The minimum atomic E-state index is -5.00. The molecule has 0 amide bonds. The van der Waals surface area contributed by atoms with E-state index in [9.17, 15) is 27.7 Å². The zero-order chi connectivity index (χ0) is 23.3. The minimum absolute atomic E-state index is 0.00712. The lowest BCUT2D eigenvalue weighted by molar-refractivity contribution is 0.0211. The maximum absolute atomic E-state index is 13.1. The molecule has 0 fully saturated rings. The van der Waals surface area contributed by atoms with Gasteiger partial charge in [0.05, 0.1) is 5.56 Å². The van der Waals surface area contributed by atoms with Gasteiger partial charge in [0.25, 0.3) is 0 Å². The first kappa shape index (κ1) is 21.9. The van der Waals surface area contributed by atoms with Crippen LogP contribution in [0.1, 0.15) is 31.8 Å². The highest BCUT2D eigenvalue weighted by atomic mass is 32.2. The molecule has 10 heteroatoms. The van der Waals surface area contributed by atoms with E-state index in [1.807, 2.05) is 0 Å². The van der Waals surface area contributed by atoms with Crippen molar-refractivity contribution in [3.05, 3.63) is 88.7 Å². The number of ketones is 2. The van der Waals surface area contributed by atoms with Crippen molar-refractivity contribution in [3.63, 3.8) is 0 Å². The Morgan fingerprint density at radius 1 is 1.00 bits per heavy atom. The summed E-state index contributed by atoms with van der Waals surface area (Å²) in [4.78, 5) is 23.4. The number of rotatable bonds is 5. The van der Waals surface area contributed by atoms with Crippen molar-refractivity contribution in [1.82, 2.24) is 0 Å². The van der Waals surface area contributed by atoms with Gasteiger partial charge in [-0.1, -0.05) is 42.5 Å². The van der Waals surface area contributed by atoms with Gasteiger partial charge in [-0.15, -0.1) is 0 Å². The van der Waals surface area contributed by atoms with Gasteiger partial charge < -0.3 is 20.3 Å². The summed E-state index contributed by atoms with van der Waals surface area (Å²) in [5, 5.41) is 9.81. The van der Waals surface area contributed by atoms with Crippen molar-refractivity contribution in [2.45, 2.75) is 10.5 Å². The van der Waals surface area contributed by atoms with Gasteiger partial charge in [0.15, 0.2) is 11.6 Å². The molecule has 166 valence electrons. The molecule has 2 aliphatic rings. The van der Waals surface area contributed by atoms with Crippen LogP contribution in [0.25, 0.3) is 0 Å². The quantitative estimate of drug-likeness (QED) is 0.487. The zero-order valence-electron chi connectivity index (χ0n) is 16.8. The van der Waals surface area contributed by atoms with E-state index >= 15 is 0 Å². The molecule has 0 spiro atoms. The van der Waals surface area contributed by atoms with Crippen molar-refractivity contribution in [2.75, 3.05) is 13.7 Å². The Labute approximate surface area is 183 Å². The molecule has 2 aromatic carbocycles. The van der Waals surface area contributed by atoms with Gasteiger partial charge in [-0.3, -0.25) is 14.1 Å². The van der Waals surface area contributed by atoms with Crippen molar-refractivity contribution in [1.29, 1.82) is 0 Å². The molecule has 0 saturated carbocycles. The lowest BCUT2D eigenvalue weighted by Gasteiger charge is -2.42. The molecule has 32 heavy (non-hydrogen) atoms. The van der Waals surface area contributed by atoms with Crippen LogP contribution in [0.15, 0.2) is 66.5 Å². The highest BCUT2D eigenvalue weighted by Crippen LogP contribution is 2.38. The second kappa shape index (κ2) is 7.38. The third-order valence-electron chi connectivity index (χ3n) is 5.61. The predicted molar refractivity (Wildman–Crippen MR) is 113 cm³/mol. The predicted octanol–water partition coefficient (Wildman–Crippen LogP) is 1.78. The Kier molecular flexibility index (Phi) is 5.05. The van der Waals surface area contributed by atoms with Gasteiger partial charge >= 0.3 is 10.1 Å². The summed E-state index contributed by atoms with van der Waals surface area (Å²) in [6, 6.07) is 10.9. The Morgan fingerprint density at radius 2 is 1.62 bits per heavy atom. The molecule has 2 aliphatic carbocycles. The van der Waals surface area contributed by atoms with Gasteiger partial charge in [-0.2, -0.15) is 8.42 Å². The third-order valence-corrected chi connectivity index (χ3v) is 7.04. The maximum Gasteiger partial charge on any atom is 0.301 e. The van der Waals surface area contributed by atoms with E-state index in [-0.39, 0.29) is 33.8 Å². The van der Waals surface area contributed by atoms with Gasteiger partial charge in [-0.05, 0) is 12.1 Å². The molecular weight excluding hydrogens is 438 g/mol. The second-order valence-electron chi connectivity index (χ2n) is 7.46. The molecule has 4 N–H and O–H groups in total. The molecular formula is C22H19NO8S. The number of aliphatic hydroxyl groups is 1. The summed E-state index contributed by atoms with van der Waals surface area (Å²) >= 11 is 0.